The summed E-state index contributed by atoms with van der Waals surface area (Å²) in [5, 5.41) is 4.66. The van der Waals surface area contributed by atoms with Crippen molar-refractivity contribution in [3.63, 3.8) is 0 Å². The van der Waals surface area contributed by atoms with Gasteiger partial charge in [0, 0.05) is 5.69 Å². The lowest BCUT2D eigenvalue weighted by Gasteiger charge is -2.32. The van der Waals surface area contributed by atoms with E-state index >= 15 is 0 Å². The summed E-state index contributed by atoms with van der Waals surface area (Å²) in [6.45, 7) is 13.9. The third-order valence-corrected chi connectivity index (χ3v) is 4.54. The van der Waals surface area contributed by atoms with Gasteiger partial charge in [0.1, 0.15) is 0 Å². The van der Waals surface area contributed by atoms with Crippen molar-refractivity contribution in [2.75, 3.05) is 0 Å². The minimum absolute atomic E-state index is 0.107. The molecule has 0 radical (unpaired) electrons. The Labute approximate surface area is 118 Å². The third kappa shape index (κ3) is 3.21. The van der Waals surface area contributed by atoms with Crippen molar-refractivity contribution in [3.05, 3.63) is 17.5 Å². The first kappa shape index (κ1) is 14.6. The van der Waals surface area contributed by atoms with Gasteiger partial charge in [-0.15, -0.1) is 0 Å². The molecule has 1 aliphatic rings. The average Bonchev–Trinajstić information content (AvgIpc) is 2.57. The monoisotopic (exact) mass is 262 g/mol. The lowest BCUT2D eigenvalue weighted by Crippen LogP contribution is -2.27. The largest absolute Gasteiger partial charge is 0.264 e. The van der Waals surface area contributed by atoms with Gasteiger partial charge >= 0.3 is 0 Å². The summed E-state index contributed by atoms with van der Waals surface area (Å²) in [4.78, 5) is 0. The van der Waals surface area contributed by atoms with E-state index in [0.29, 0.717) is 5.41 Å². The summed E-state index contributed by atoms with van der Waals surface area (Å²) >= 11 is 0. The number of nitrogens with zero attached hydrogens (tertiary/aromatic N) is 2. The Morgan fingerprint density at radius 3 is 2.32 bits per heavy atom. The van der Waals surface area contributed by atoms with Gasteiger partial charge in [-0.25, -0.2) is 0 Å². The number of hydrogen-bond acceptors (Lipinski definition) is 1. The van der Waals surface area contributed by atoms with E-state index in [1.165, 1.54) is 43.4 Å². The van der Waals surface area contributed by atoms with Gasteiger partial charge in [0.05, 0.1) is 11.7 Å². The molecule has 1 atom stereocenters. The third-order valence-electron chi connectivity index (χ3n) is 4.54. The molecule has 0 aromatic carbocycles. The topological polar surface area (TPSA) is 17.8 Å². The van der Waals surface area contributed by atoms with E-state index in [4.69, 9.17) is 0 Å². The first-order valence-corrected chi connectivity index (χ1v) is 7.76. The van der Waals surface area contributed by atoms with Crippen LogP contribution in [0.25, 0.3) is 0 Å². The van der Waals surface area contributed by atoms with Crippen LogP contribution in [0.1, 0.15) is 72.1 Å². The van der Waals surface area contributed by atoms with Gasteiger partial charge < -0.3 is 0 Å². The fourth-order valence-electron chi connectivity index (χ4n) is 3.32. The first-order valence-electron chi connectivity index (χ1n) is 7.76. The Hall–Kier alpha value is -0.790. The second-order valence-electron chi connectivity index (χ2n) is 8.19. The molecular formula is C17H30N2. The maximum Gasteiger partial charge on any atom is 0.0546 e. The predicted molar refractivity (Wildman–Crippen MR) is 81.4 cm³/mol. The molecule has 2 nitrogen and oxygen atoms in total. The molecule has 19 heavy (non-hydrogen) atoms. The molecule has 0 bridgehead atoms. The van der Waals surface area contributed by atoms with E-state index in [1.807, 2.05) is 0 Å². The van der Waals surface area contributed by atoms with Crippen LogP contribution in [0.2, 0.25) is 0 Å². The zero-order valence-electron chi connectivity index (χ0n) is 13.6. The van der Waals surface area contributed by atoms with Gasteiger partial charge in [0.25, 0.3) is 0 Å². The fraction of sp³-hybridized carbons (Fsp3) is 0.824. The summed E-state index contributed by atoms with van der Waals surface area (Å²) in [7, 11) is 0. The Kier molecular flexibility index (Phi) is 3.81. The summed E-state index contributed by atoms with van der Waals surface area (Å²) in [5.74, 6) is 0.846. The van der Waals surface area contributed by atoms with E-state index in [0.717, 1.165) is 5.92 Å². The smallest absolute Gasteiger partial charge is 0.0546 e. The fourth-order valence-corrected chi connectivity index (χ4v) is 3.32. The van der Waals surface area contributed by atoms with Crippen LogP contribution in [0.3, 0.4) is 0 Å². The maximum absolute atomic E-state index is 4.66. The van der Waals surface area contributed by atoms with Crippen LogP contribution in [0, 0.1) is 11.3 Å². The van der Waals surface area contributed by atoms with Gasteiger partial charge in [-0.3, -0.25) is 4.68 Å². The Morgan fingerprint density at radius 1 is 1.05 bits per heavy atom. The van der Waals surface area contributed by atoms with Crippen molar-refractivity contribution in [2.45, 2.75) is 79.2 Å². The van der Waals surface area contributed by atoms with E-state index in [2.05, 4.69) is 57.5 Å². The zero-order valence-corrected chi connectivity index (χ0v) is 13.6. The highest BCUT2D eigenvalue weighted by molar-refractivity contribution is 5.20. The molecule has 1 unspecified atom stereocenters. The van der Waals surface area contributed by atoms with Crippen molar-refractivity contribution in [1.82, 2.24) is 9.78 Å². The molecule has 0 fully saturated rings. The van der Waals surface area contributed by atoms with Crippen LogP contribution >= 0.6 is 0 Å². The number of rotatable bonds is 0. The molecule has 1 aromatic rings. The molecule has 0 saturated heterocycles. The van der Waals surface area contributed by atoms with Crippen LogP contribution in [-0.2, 0) is 18.4 Å². The number of aryl methyl sites for hydroxylation is 1. The van der Waals surface area contributed by atoms with Gasteiger partial charge in [-0.05, 0) is 69.8 Å². The lowest BCUT2D eigenvalue weighted by molar-refractivity contribution is 0.204. The highest BCUT2D eigenvalue weighted by Gasteiger charge is 2.28. The molecule has 0 saturated carbocycles. The molecule has 0 N–H and O–H groups in total. The summed E-state index contributed by atoms with van der Waals surface area (Å²) < 4.78 is 2.25. The standard InChI is InChI=1S/C17H30N2/c1-16(2,3)14-8-7-9-15-13(10-11-14)12-18-19(15)17(4,5)6/h12,14H,7-11H2,1-6H3. The second kappa shape index (κ2) is 4.96. The van der Waals surface area contributed by atoms with Crippen LogP contribution in [0.5, 0.6) is 0 Å². The molecule has 0 aliphatic heterocycles. The van der Waals surface area contributed by atoms with Crippen molar-refractivity contribution < 1.29 is 0 Å². The molecule has 1 aromatic heterocycles. The van der Waals surface area contributed by atoms with E-state index in [-0.39, 0.29) is 5.54 Å². The van der Waals surface area contributed by atoms with Crippen molar-refractivity contribution >= 4 is 0 Å². The van der Waals surface area contributed by atoms with Gasteiger partial charge in [0.2, 0.25) is 0 Å². The maximum atomic E-state index is 4.66. The van der Waals surface area contributed by atoms with Crippen LogP contribution in [-0.4, -0.2) is 9.78 Å². The Morgan fingerprint density at radius 2 is 1.74 bits per heavy atom. The van der Waals surface area contributed by atoms with Gasteiger partial charge in [-0.1, -0.05) is 20.8 Å². The number of aromatic nitrogens is 2. The van der Waals surface area contributed by atoms with Crippen molar-refractivity contribution in [1.29, 1.82) is 0 Å². The Bertz CT molecular complexity index is 429. The van der Waals surface area contributed by atoms with Crippen molar-refractivity contribution in [3.8, 4) is 0 Å². The second-order valence-corrected chi connectivity index (χ2v) is 8.19. The Balaban J connectivity index is 2.22. The molecular weight excluding hydrogens is 232 g/mol. The molecule has 2 heteroatoms. The SMILES string of the molecule is CC(C)(C)C1CCCc2c(cnn2C(C)(C)C)CC1. The molecule has 108 valence electrons. The highest BCUT2D eigenvalue weighted by Crippen LogP contribution is 2.36. The van der Waals surface area contributed by atoms with E-state index < -0.39 is 0 Å². The van der Waals surface area contributed by atoms with E-state index in [1.54, 1.807) is 0 Å². The van der Waals surface area contributed by atoms with Crippen LogP contribution in [0.15, 0.2) is 6.20 Å². The quantitative estimate of drug-likeness (QED) is 0.669. The highest BCUT2D eigenvalue weighted by atomic mass is 15.3. The molecule has 1 heterocycles. The lowest BCUT2D eigenvalue weighted by atomic mass is 9.74. The average molecular weight is 262 g/mol. The van der Waals surface area contributed by atoms with Crippen molar-refractivity contribution in [2.24, 2.45) is 11.3 Å². The van der Waals surface area contributed by atoms with Gasteiger partial charge in [0.15, 0.2) is 0 Å². The summed E-state index contributed by atoms with van der Waals surface area (Å²) in [6, 6.07) is 0. The molecule has 0 amide bonds. The van der Waals surface area contributed by atoms with E-state index in [9.17, 15) is 0 Å². The normalized spacial score (nSPS) is 21.7. The molecule has 0 spiro atoms. The summed E-state index contributed by atoms with van der Waals surface area (Å²) in [6.07, 6.45) is 8.49. The zero-order chi connectivity index (χ0) is 14.3. The molecule has 2 rings (SSSR count). The minimum atomic E-state index is 0.107. The van der Waals surface area contributed by atoms with Gasteiger partial charge in [-0.2, -0.15) is 5.10 Å². The van der Waals surface area contributed by atoms with Crippen LogP contribution in [0.4, 0.5) is 0 Å². The number of hydrogen-bond donors (Lipinski definition) is 0. The number of fused-ring (bicyclic) bond motifs is 1. The first-order chi connectivity index (χ1) is 8.69. The van der Waals surface area contributed by atoms with Crippen LogP contribution < -0.4 is 0 Å². The minimum Gasteiger partial charge on any atom is -0.264 e. The summed E-state index contributed by atoms with van der Waals surface area (Å²) in [5.41, 5.74) is 3.53. The molecule has 1 aliphatic carbocycles. The predicted octanol–water partition coefficient (Wildman–Crippen LogP) is 4.57.